The van der Waals surface area contributed by atoms with Crippen LogP contribution in [0.25, 0.3) is 0 Å². The summed E-state index contributed by atoms with van der Waals surface area (Å²) in [5.74, 6) is -0.933. The van der Waals surface area contributed by atoms with Crippen LogP contribution in [0, 0.1) is 6.92 Å². The smallest absolute Gasteiger partial charge is 0.340 e. The number of hydrogen-bond acceptors (Lipinski definition) is 5. The van der Waals surface area contributed by atoms with Gasteiger partial charge in [0, 0.05) is 6.42 Å². The Morgan fingerprint density at radius 2 is 2.26 bits per heavy atom. The summed E-state index contributed by atoms with van der Waals surface area (Å²) < 4.78 is 9.10. The van der Waals surface area contributed by atoms with Crippen molar-refractivity contribution in [2.45, 2.75) is 20.3 Å². The van der Waals surface area contributed by atoms with Crippen molar-refractivity contribution < 1.29 is 19.1 Å². The van der Waals surface area contributed by atoms with Crippen LogP contribution in [0.2, 0.25) is 0 Å². The molecule has 0 saturated carbocycles. The van der Waals surface area contributed by atoms with Gasteiger partial charge in [-0.15, -0.1) is 0 Å². The molecule has 7 heteroatoms. The van der Waals surface area contributed by atoms with E-state index in [0.29, 0.717) is 23.4 Å². The van der Waals surface area contributed by atoms with E-state index in [1.807, 2.05) is 6.92 Å². The molecule has 0 radical (unpaired) electrons. The maximum atomic E-state index is 12.1. The number of carbonyl (C=O) groups excluding carboxylic acids is 1. The first kappa shape index (κ1) is 13.3. The van der Waals surface area contributed by atoms with E-state index in [0.717, 1.165) is 11.5 Å². The van der Waals surface area contributed by atoms with E-state index in [4.69, 9.17) is 9.52 Å². The first-order chi connectivity index (χ1) is 9.04. The summed E-state index contributed by atoms with van der Waals surface area (Å²) in [7, 11) is 0. The molecule has 2 heterocycles. The van der Waals surface area contributed by atoms with Gasteiger partial charge in [0.1, 0.15) is 16.3 Å². The van der Waals surface area contributed by atoms with E-state index >= 15 is 0 Å². The zero-order chi connectivity index (χ0) is 14.0. The summed E-state index contributed by atoms with van der Waals surface area (Å²) in [4.78, 5) is 23.1. The molecule has 2 aromatic rings. The number of anilines is 1. The summed E-state index contributed by atoms with van der Waals surface area (Å²) in [6.07, 6.45) is 2.02. The first-order valence-corrected chi connectivity index (χ1v) is 6.39. The lowest BCUT2D eigenvalue weighted by molar-refractivity contribution is 0.0697. The fourth-order valence-electron chi connectivity index (χ4n) is 1.69. The highest BCUT2D eigenvalue weighted by Gasteiger charge is 2.21. The number of carbonyl (C=O) groups is 2. The zero-order valence-corrected chi connectivity index (χ0v) is 11.2. The molecule has 0 bridgehead atoms. The average Bonchev–Trinajstić information content (AvgIpc) is 2.95. The number of aryl methyl sites for hydroxylation is 2. The Labute approximate surface area is 113 Å². The molecule has 6 nitrogen and oxygen atoms in total. The summed E-state index contributed by atoms with van der Waals surface area (Å²) in [6.45, 7) is 3.46. The Morgan fingerprint density at radius 1 is 1.53 bits per heavy atom. The summed E-state index contributed by atoms with van der Waals surface area (Å²) in [5.41, 5.74) is 0.820. The molecule has 0 aliphatic heterocycles. The molecule has 100 valence electrons. The Kier molecular flexibility index (Phi) is 3.66. The number of carboxylic acid groups (broad SMARTS) is 1. The first-order valence-electron chi connectivity index (χ1n) is 5.61. The van der Waals surface area contributed by atoms with Gasteiger partial charge in [0.15, 0.2) is 0 Å². The van der Waals surface area contributed by atoms with Gasteiger partial charge in [-0.1, -0.05) is 6.92 Å². The van der Waals surface area contributed by atoms with Crippen LogP contribution in [-0.2, 0) is 6.42 Å². The van der Waals surface area contributed by atoms with Crippen LogP contribution in [0.15, 0.2) is 16.7 Å². The van der Waals surface area contributed by atoms with Crippen molar-refractivity contribution in [1.29, 1.82) is 0 Å². The molecule has 2 rings (SSSR count). The van der Waals surface area contributed by atoms with Crippen molar-refractivity contribution >= 4 is 28.4 Å². The van der Waals surface area contributed by atoms with Crippen molar-refractivity contribution in [1.82, 2.24) is 4.37 Å². The molecule has 0 aliphatic rings. The minimum absolute atomic E-state index is 0.0277. The molecule has 0 atom stereocenters. The van der Waals surface area contributed by atoms with Crippen LogP contribution < -0.4 is 5.32 Å². The predicted molar refractivity (Wildman–Crippen MR) is 69.8 cm³/mol. The molecule has 0 spiro atoms. The fourth-order valence-corrected chi connectivity index (χ4v) is 2.48. The molecule has 2 aromatic heterocycles. The third-order valence-corrected chi connectivity index (χ3v) is 3.47. The topological polar surface area (TPSA) is 92.4 Å². The zero-order valence-electron chi connectivity index (χ0n) is 10.4. The Bertz CT molecular complexity index is 629. The molecule has 0 unspecified atom stereocenters. The molecular formula is C12H12N2O4S. The number of hydrogen-bond donors (Lipinski definition) is 2. The predicted octanol–water partition coefficient (Wildman–Crippen LogP) is 2.56. The van der Waals surface area contributed by atoms with Gasteiger partial charge in [-0.2, -0.15) is 4.37 Å². The van der Waals surface area contributed by atoms with Crippen molar-refractivity contribution in [2.24, 2.45) is 0 Å². The Hall–Kier alpha value is -2.15. The Morgan fingerprint density at radius 3 is 2.89 bits per heavy atom. The number of amides is 1. The SMILES string of the molecule is CCc1occc1C(=O)Nc1snc(C)c1C(=O)O. The van der Waals surface area contributed by atoms with Crippen molar-refractivity contribution in [3.8, 4) is 0 Å². The van der Waals surface area contributed by atoms with Crippen LogP contribution in [-0.4, -0.2) is 21.4 Å². The second kappa shape index (κ2) is 5.23. The third kappa shape index (κ3) is 2.50. The maximum absolute atomic E-state index is 12.1. The minimum atomic E-state index is -1.11. The summed E-state index contributed by atoms with van der Waals surface area (Å²) in [5, 5.41) is 11.9. The normalized spacial score (nSPS) is 10.4. The lowest BCUT2D eigenvalue weighted by Gasteiger charge is -2.03. The van der Waals surface area contributed by atoms with Gasteiger partial charge in [-0.05, 0) is 24.5 Å². The number of aromatic nitrogens is 1. The molecule has 0 fully saturated rings. The van der Waals surface area contributed by atoms with Crippen LogP contribution in [0.3, 0.4) is 0 Å². The highest BCUT2D eigenvalue weighted by atomic mass is 32.1. The highest BCUT2D eigenvalue weighted by molar-refractivity contribution is 7.11. The number of furan rings is 1. The molecular weight excluding hydrogens is 268 g/mol. The van der Waals surface area contributed by atoms with Crippen molar-refractivity contribution in [3.63, 3.8) is 0 Å². The van der Waals surface area contributed by atoms with Gasteiger partial charge in [-0.25, -0.2) is 4.79 Å². The van der Waals surface area contributed by atoms with E-state index in [9.17, 15) is 9.59 Å². The maximum Gasteiger partial charge on any atom is 0.340 e. The fraction of sp³-hybridized carbons (Fsp3) is 0.250. The minimum Gasteiger partial charge on any atom is -0.478 e. The quantitative estimate of drug-likeness (QED) is 0.897. The number of nitrogens with one attached hydrogen (secondary N) is 1. The molecule has 19 heavy (non-hydrogen) atoms. The number of rotatable bonds is 4. The van der Waals surface area contributed by atoms with E-state index in [2.05, 4.69) is 9.69 Å². The lowest BCUT2D eigenvalue weighted by Crippen LogP contribution is -2.14. The van der Waals surface area contributed by atoms with Crippen LogP contribution in [0.5, 0.6) is 0 Å². The van der Waals surface area contributed by atoms with Crippen molar-refractivity contribution in [2.75, 3.05) is 5.32 Å². The largest absolute Gasteiger partial charge is 0.478 e. The van der Waals surface area contributed by atoms with Crippen LogP contribution in [0.1, 0.15) is 39.1 Å². The molecule has 0 aliphatic carbocycles. The third-order valence-electron chi connectivity index (χ3n) is 2.61. The van der Waals surface area contributed by atoms with Crippen molar-refractivity contribution in [3.05, 3.63) is 34.9 Å². The average molecular weight is 280 g/mol. The van der Waals surface area contributed by atoms with E-state index in [1.165, 1.54) is 6.26 Å². The van der Waals surface area contributed by atoms with Gasteiger partial charge < -0.3 is 14.8 Å². The van der Waals surface area contributed by atoms with E-state index in [-0.39, 0.29) is 10.6 Å². The highest BCUT2D eigenvalue weighted by Crippen LogP contribution is 2.25. The Balaban J connectivity index is 2.27. The number of nitrogens with zero attached hydrogens (tertiary/aromatic N) is 1. The molecule has 1 amide bonds. The van der Waals surface area contributed by atoms with Gasteiger partial charge >= 0.3 is 5.97 Å². The lowest BCUT2D eigenvalue weighted by atomic mass is 10.2. The van der Waals surface area contributed by atoms with Gasteiger partial charge in [-0.3, -0.25) is 4.79 Å². The summed E-state index contributed by atoms with van der Waals surface area (Å²) in [6, 6.07) is 1.56. The van der Waals surface area contributed by atoms with Crippen LogP contribution >= 0.6 is 11.5 Å². The van der Waals surface area contributed by atoms with Gasteiger partial charge in [0.25, 0.3) is 5.91 Å². The van der Waals surface area contributed by atoms with Gasteiger partial charge in [0.2, 0.25) is 0 Å². The van der Waals surface area contributed by atoms with Crippen LogP contribution in [0.4, 0.5) is 5.00 Å². The molecule has 0 saturated heterocycles. The second-order valence-corrected chi connectivity index (χ2v) is 4.62. The second-order valence-electron chi connectivity index (χ2n) is 3.84. The van der Waals surface area contributed by atoms with E-state index in [1.54, 1.807) is 13.0 Å². The summed E-state index contributed by atoms with van der Waals surface area (Å²) >= 11 is 0.950. The molecule has 2 N–H and O–H groups in total. The van der Waals surface area contributed by atoms with E-state index < -0.39 is 11.9 Å². The monoisotopic (exact) mass is 280 g/mol. The molecule has 0 aromatic carbocycles. The van der Waals surface area contributed by atoms with Gasteiger partial charge in [0.05, 0.1) is 17.5 Å². The standard InChI is InChI=1S/C12H12N2O4S/c1-3-8-7(4-5-18-8)10(15)13-11-9(12(16)17)6(2)14-19-11/h4-5H,3H2,1-2H3,(H,13,15)(H,16,17). The number of aromatic carboxylic acids is 1. The number of carboxylic acids is 1.